The zero-order chi connectivity index (χ0) is 13.7. The number of H-pyrrole nitrogens is 1. The van der Waals surface area contributed by atoms with Crippen LogP contribution in [0, 0.1) is 0 Å². The van der Waals surface area contributed by atoms with Gasteiger partial charge in [0.15, 0.2) is 11.5 Å². The van der Waals surface area contributed by atoms with Gasteiger partial charge in [-0.05, 0) is 24.3 Å². The van der Waals surface area contributed by atoms with Crippen LogP contribution in [0.4, 0.5) is 5.69 Å². The molecule has 1 aromatic carbocycles. The Morgan fingerprint density at radius 2 is 2.26 bits per heavy atom. The van der Waals surface area contributed by atoms with Gasteiger partial charge in [0.05, 0.1) is 13.7 Å². The molecule has 0 fully saturated rings. The lowest BCUT2D eigenvalue weighted by Gasteiger charge is -2.11. The molecular formula is C11H13N5O3. The van der Waals surface area contributed by atoms with E-state index >= 15 is 0 Å². The van der Waals surface area contributed by atoms with Gasteiger partial charge in [0.25, 0.3) is 11.7 Å². The number of rotatable bonds is 5. The summed E-state index contributed by atoms with van der Waals surface area (Å²) in [6.45, 7) is 2.36. The molecule has 0 radical (unpaired) electrons. The Morgan fingerprint density at radius 3 is 2.89 bits per heavy atom. The maximum Gasteiger partial charge on any atom is 0.297 e. The summed E-state index contributed by atoms with van der Waals surface area (Å²) in [4.78, 5) is 11.7. The van der Waals surface area contributed by atoms with E-state index in [-0.39, 0.29) is 5.82 Å². The number of aromatic amines is 1. The van der Waals surface area contributed by atoms with Gasteiger partial charge < -0.3 is 14.8 Å². The third-order valence-corrected chi connectivity index (χ3v) is 2.27. The molecule has 0 bridgehead atoms. The molecule has 100 valence electrons. The van der Waals surface area contributed by atoms with Crippen LogP contribution in [0.1, 0.15) is 17.5 Å². The van der Waals surface area contributed by atoms with Crippen LogP contribution in [-0.2, 0) is 0 Å². The Labute approximate surface area is 109 Å². The number of methoxy groups -OCH3 is 1. The van der Waals surface area contributed by atoms with Crippen molar-refractivity contribution < 1.29 is 14.3 Å². The SMILES string of the molecule is CCOc1cc(NC(=O)c2nn[nH]n2)ccc1OC. The van der Waals surface area contributed by atoms with Crippen molar-refractivity contribution in [3.05, 3.63) is 24.0 Å². The molecule has 19 heavy (non-hydrogen) atoms. The van der Waals surface area contributed by atoms with Crippen LogP contribution in [-0.4, -0.2) is 40.2 Å². The van der Waals surface area contributed by atoms with Crippen molar-refractivity contribution in [3.8, 4) is 11.5 Å². The maximum atomic E-state index is 11.7. The maximum absolute atomic E-state index is 11.7. The van der Waals surface area contributed by atoms with Crippen LogP contribution in [0.2, 0.25) is 0 Å². The Morgan fingerprint density at radius 1 is 1.42 bits per heavy atom. The molecule has 0 unspecified atom stereocenters. The van der Waals surface area contributed by atoms with Crippen molar-refractivity contribution in [2.75, 3.05) is 19.0 Å². The first-order chi connectivity index (χ1) is 9.24. The van der Waals surface area contributed by atoms with Crippen LogP contribution in [0.15, 0.2) is 18.2 Å². The summed E-state index contributed by atoms with van der Waals surface area (Å²) in [5.74, 6) is 0.658. The van der Waals surface area contributed by atoms with Crippen LogP contribution < -0.4 is 14.8 Å². The van der Waals surface area contributed by atoms with Gasteiger partial charge in [0.2, 0.25) is 0 Å². The Balaban J connectivity index is 2.16. The molecule has 1 aromatic heterocycles. The molecule has 0 spiro atoms. The third kappa shape index (κ3) is 2.97. The number of carbonyl (C=O) groups is 1. The van der Waals surface area contributed by atoms with E-state index in [2.05, 4.69) is 25.9 Å². The van der Waals surface area contributed by atoms with Crippen molar-refractivity contribution in [1.29, 1.82) is 0 Å². The smallest absolute Gasteiger partial charge is 0.297 e. The number of hydrogen-bond donors (Lipinski definition) is 2. The Hall–Kier alpha value is -2.64. The fourth-order valence-electron chi connectivity index (χ4n) is 1.47. The van der Waals surface area contributed by atoms with Gasteiger partial charge in [0.1, 0.15) is 0 Å². The average molecular weight is 263 g/mol. The predicted octanol–water partition coefficient (Wildman–Crippen LogP) is 0.859. The number of hydrogen-bond acceptors (Lipinski definition) is 6. The number of aromatic nitrogens is 4. The van der Waals surface area contributed by atoms with E-state index in [4.69, 9.17) is 9.47 Å². The quantitative estimate of drug-likeness (QED) is 0.829. The number of anilines is 1. The lowest BCUT2D eigenvalue weighted by Crippen LogP contribution is -2.14. The second-order valence-corrected chi connectivity index (χ2v) is 3.49. The van der Waals surface area contributed by atoms with E-state index in [0.717, 1.165) is 0 Å². The summed E-state index contributed by atoms with van der Waals surface area (Å²) in [5, 5.41) is 15.3. The summed E-state index contributed by atoms with van der Waals surface area (Å²) in [7, 11) is 1.55. The fraction of sp³-hybridized carbons (Fsp3) is 0.273. The molecule has 8 nitrogen and oxygen atoms in total. The number of carbonyl (C=O) groups excluding carboxylic acids is 1. The largest absolute Gasteiger partial charge is 0.493 e. The third-order valence-electron chi connectivity index (χ3n) is 2.27. The van der Waals surface area contributed by atoms with E-state index in [0.29, 0.717) is 23.8 Å². The second kappa shape index (κ2) is 5.80. The highest BCUT2D eigenvalue weighted by Crippen LogP contribution is 2.30. The number of nitrogens with one attached hydrogen (secondary N) is 2. The lowest BCUT2D eigenvalue weighted by atomic mass is 10.2. The molecule has 0 aliphatic carbocycles. The minimum atomic E-state index is -0.457. The standard InChI is InChI=1S/C11H13N5O3/c1-3-19-9-6-7(4-5-8(9)18-2)12-11(17)10-13-15-16-14-10/h4-6H,3H2,1-2H3,(H,12,17)(H,13,14,15,16). The van der Waals surface area contributed by atoms with Gasteiger partial charge >= 0.3 is 0 Å². The number of ether oxygens (including phenoxy) is 2. The molecule has 0 saturated heterocycles. The van der Waals surface area contributed by atoms with Crippen LogP contribution in [0.5, 0.6) is 11.5 Å². The molecule has 2 N–H and O–H groups in total. The van der Waals surface area contributed by atoms with Gasteiger partial charge in [0, 0.05) is 11.8 Å². The minimum Gasteiger partial charge on any atom is -0.493 e. The van der Waals surface area contributed by atoms with Crippen LogP contribution in [0.25, 0.3) is 0 Å². The van der Waals surface area contributed by atoms with Crippen LogP contribution in [0.3, 0.4) is 0 Å². The van der Waals surface area contributed by atoms with Gasteiger partial charge in [-0.25, -0.2) is 0 Å². The first kappa shape index (κ1) is 12.8. The Bertz CT molecular complexity index is 555. The van der Waals surface area contributed by atoms with Gasteiger partial charge in [-0.3, -0.25) is 4.79 Å². The summed E-state index contributed by atoms with van der Waals surface area (Å²) in [6, 6.07) is 5.07. The predicted molar refractivity (Wildman–Crippen MR) is 66.3 cm³/mol. The molecule has 1 amide bonds. The number of nitrogens with zero attached hydrogens (tertiary/aromatic N) is 3. The minimum absolute atomic E-state index is 0.0335. The molecule has 8 heteroatoms. The zero-order valence-corrected chi connectivity index (χ0v) is 10.5. The molecular weight excluding hydrogens is 250 g/mol. The summed E-state index contributed by atoms with van der Waals surface area (Å²) < 4.78 is 10.6. The summed E-state index contributed by atoms with van der Waals surface area (Å²) >= 11 is 0. The summed E-state index contributed by atoms with van der Waals surface area (Å²) in [5.41, 5.74) is 0.555. The van der Waals surface area contributed by atoms with E-state index in [9.17, 15) is 4.79 Å². The highest BCUT2D eigenvalue weighted by atomic mass is 16.5. The van der Waals surface area contributed by atoms with E-state index < -0.39 is 5.91 Å². The second-order valence-electron chi connectivity index (χ2n) is 3.49. The van der Waals surface area contributed by atoms with Crippen LogP contribution >= 0.6 is 0 Å². The zero-order valence-electron chi connectivity index (χ0n) is 10.5. The van der Waals surface area contributed by atoms with E-state index in [1.165, 1.54) is 0 Å². The molecule has 0 saturated carbocycles. The summed E-state index contributed by atoms with van der Waals surface area (Å²) in [6.07, 6.45) is 0. The lowest BCUT2D eigenvalue weighted by molar-refractivity contribution is 0.101. The van der Waals surface area contributed by atoms with E-state index in [1.54, 1.807) is 25.3 Å². The van der Waals surface area contributed by atoms with Crippen molar-refractivity contribution in [2.24, 2.45) is 0 Å². The molecule has 1 heterocycles. The first-order valence-corrected chi connectivity index (χ1v) is 5.60. The number of benzene rings is 1. The van der Waals surface area contributed by atoms with Gasteiger partial charge in [-0.1, -0.05) is 0 Å². The monoisotopic (exact) mass is 263 g/mol. The fourth-order valence-corrected chi connectivity index (χ4v) is 1.47. The molecule has 0 aliphatic heterocycles. The van der Waals surface area contributed by atoms with Crippen molar-refractivity contribution >= 4 is 11.6 Å². The highest BCUT2D eigenvalue weighted by Gasteiger charge is 2.12. The number of amides is 1. The number of tetrazole rings is 1. The topological polar surface area (TPSA) is 102 Å². The first-order valence-electron chi connectivity index (χ1n) is 5.60. The molecule has 2 aromatic rings. The molecule has 0 aliphatic rings. The van der Waals surface area contributed by atoms with Crippen molar-refractivity contribution in [1.82, 2.24) is 20.6 Å². The van der Waals surface area contributed by atoms with Gasteiger partial charge in [-0.2, -0.15) is 5.21 Å². The Kier molecular flexibility index (Phi) is 3.91. The molecule has 2 rings (SSSR count). The van der Waals surface area contributed by atoms with Crippen molar-refractivity contribution in [2.45, 2.75) is 6.92 Å². The van der Waals surface area contributed by atoms with E-state index in [1.807, 2.05) is 6.92 Å². The average Bonchev–Trinajstić information content (AvgIpc) is 2.93. The molecule has 0 atom stereocenters. The highest BCUT2D eigenvalue weighted by molar-refractivity contribution is 6.01. The van der Waals surface area contributed by atoms with Gasteiger partial charge in [-0.15, -0.1) is 10.2 Å². The van der Waals surface area contributed by atoms with Crippen molar-refractivity contribution in [3.63, 3.8) is 0 Å². The normalized spacial score (nSPS) is 10.0.